The SMILES string of the molecule is COCCNC(=NCCC(C)(C)C)NN. The molecule has 5 nitrogen and oxygen atoms in total. The summed E-state index contributed by atoms with van der Waals surface area (Å²) in [5.74, 6) is 5.94. The lowest BCUT2D eigenvalue weighted by Crippen LogP contribution is -2.43. The average Bonchev–Trinajstić information content (AvgIpc) is 2.14. The second-order valence-electron chi connectivity index (χ2n) is 4.60. The molecule has 0 fully saturated rings. The van der Waals surface area contributed by atoms with Gasteiger partial charge < -0.3 is 10.1 Å². The van der Waals surface area contributed by atoms with Gasteiger partial charge in [0.15, 0.2) is 0 Å². The van der Waals surface area contributed by atoms with Crippen molar-refractivity contribution in [1.29, 1.82) is 0 Å². The molecule has 0 saturated heterocycles. The summed E-state index contributed by atoms with van der Waals surface area (Å²) in [7, 11) is 1.66. The molecule has 0 aromatic heterocycles. The summed E-state index contributed by atoms with van der Waals surface area (Å²) in [5.41, 5.74) is 2.83. The Labute approximate surface area is 92.4 Å². The zero-order valence-corrected chi connectivity index (χ0v) is 10.3. The third-order valence-electron chi connectivity index (χ3n) is 1.87. The van der Waals surface area contributed by atoms with Gasteiger partial charge in [0.25, 0.3) is 0 Å². The maximum atomic E-state index is 5.32. The summed E-state index contributed by atoms with van der Waals surface area (Å²) < 4.78 is 4.91. The molecule has 5 heteroatoms. The number of methoxy groups -OCH3 is 1. The molecule has 0 amide bonds. The molecule has 0 spiro atoms. The minimum atomic E-state index is 0.301. The van der Waals surface area contributed by atoms with Crippen molar-refractivity contribution in [2.75, 3.05) is 26.8 Å². The van der Waals surface area contributed by atoms with Crippen LogP contribution in [0.4, 0.5) is 0 Å². The number of nitrogens with one attached hydrogen (secondary N) is 2. The molecule has 0 rings (SSSR count). The molecule has 4 N–H and O–H groups in total. The Morgan fingerprint density at radius 3 is 2.53 bits per heavy atom. The minimum absolute atomic E-state index is 0.301. The number of ether oxygens (including phenoxy) is 1. The lowest BCUT2D eigenvalue weighted by Gasteiger charge is -2.16. The maximum Gasteiger partial charge on any atom is 0.205 e. The lowest BCUT2D eigenvalue weighted by atomic mass is 9.93. The maximum absolute atomic E-state index is 5.32. The fraction of sp³-hybridized carbons (Fsp3) is 0.900. The Kier molecular flexibility index (Phi) is 7.07. The van der Waals surface area contributed by atoms with Crippen LogP contribution < -0.4 is 16.6 Å². The van der Waals surface area contributed by atoms with Crippen LogP contribution in [0.2, 0.25) is 0 Å². The largest absolute Gasteiger partial charge is 0.383 e. The summed E-state index contributed by atoms with van der Waals surface area (Å²) >= 11 is 0. The van der Waals surface area contributed by atoms with E-state index in [2.05, 4.69) is 36.5 Å². The number of nitrogens with zero attached hydrogens (tertiary/aromatic N) is 1. The van der Waals surface area contributed by atoms with Gasteiger partial charge in [0.05, 0.1) is 6.61 Å². The normalized spacial score (nSPS) is 12.7. The number of aliphatic imine (C=N–C) groups is 1. The van der Waals surface area contributed by atoms with E-state index in [0.29, 0.717) is 24.5 Å². The van der Waals surface area contributed by atoms with Gasteiger partial charge in [-0.1, -0.05) is 20.8 Å². The number of guanidine groups is 1. The van der Waals surface area contributed by atoms with Crippen molar-refractivity contribution >= 4 is 5.96 Å². The van der Waals surface area contributed by atoms with Gasteiger partial charge in [-0.3, -0.25) is 10.4 Å². The Bertz CT molecular complexity index is 186. The van der Waals surface area contributed by atoms with Crippen LogP contribution in [0, 0.1) is 5.41 Å². The minimum Gasteiger partial charge on any atom is -0.383 e. The lowest BCUT2D eigenvalue weighted by molar-refractivity contribution is 0.203. The quantitative estimate of drug-likeness (QED) is 0.205. The van der Waals surface area contributed by atoms with E-state index < -0.39 is 0 Å². The van der Waals surface area contributed by atoms with Gasteiger partial charge in [0, 0.05) is 20.2 Å². The first-order valence-corrected chi connectivity index (χ1v) is 5.23. The molecular weight excluding hydrogens is 192 g/mol. The predicted octanol–water partition coefficient (Wildman–Crippen LogP) is 0.478. The van der Waals surface area contributed by atoms with Crippen LogP contribution >= 0.6 is 0 Å². The first-order valence-electron chi connectivity index (χ1n) is 5.23. The van der Waals surface area contributed by atoms with Gasteiger partial charge in [0.2, 0.25) is 5.96 Å². The van der Waals surface area contributed by atoms with Gasteiger partial charge in [0.1, 0.15) is 0 Å². The molecule has 0 aromatic rings. The Hall–Kier alpha value is -0.810. The van der Waals surface area contributed by atoms with E-state index in [9.17, 15) is 0 Å². The second-order valence-corrected chi connectivity index (χ2v) is 4.60. The molecule has 15 heavy (non-hydrogen) atoms. The standard InChI is InChI=1S/C10H24N4O/c1-10(2,3)5-6-12-9(14-11)13-7-8-15-4/h5-8,11H2,1-4H3,(H2,12,13,14). The zero-order valence-electron chi connectivity index (χ0n) is 10.3. The monoisotopic (exact) mass is 216 g/mol. The molecule has 0 aliphatic carbocycles. The van der Waals surface area contributed by atoms with Crippen molar-refractivity contribution < 1.29 is 4.74 Å². The second kappa shape index (κ2) is 7.48. The van der Waals surface area contributed by atoms with Gasteiger partial charge in [-0.25, -0.2) is 5.84 Å². The highest BCUT2D eigenvalue weighted by Gasteiger charge is 2.08. The highest BCUT2D eigenvalue weighted by atomic mass is 16.5. The zero-order chi connectivity index (χ0) is 11.7. The molecule has 0 aromatic carbocycles. The van der Waals surface area contributed by atoms with E-state index in [-0.39, 0.29) is 0 Å². The topological polar surface area (TPSA) is 71.7 Å². The van der Waals surface area contributed by atoms with E-state index in [1.54, 1.807) is 7.11 Å². The molecule has 0 aliphatic heterocycles. The summed E-state index contributed by atoms with van der Waals surface area (Å²) in [6, 6.07) is 0. The van der Waals surface area contributed by atoms with Crippen molar-refractivity contribution in [1.82, 2.24) is 10.7 Å². The fourth-order valence-corrected chi connectivity index (χ4v) is 0.927. The van der Waals surface area contributed by atoms with Crippen LogP contribution in [0.3, 0.4) is 0 Å². The van der Waals surface area contributed by atoms with Crippen LogP contribution in [0.5, 0.6) is 0 Å². The Balaban J connectivity index is 3.79. The number of hydrazine groups is 1. The van der Waals surface area contributed by atoms with Crippen LogP contribution in [0.15, 0.2) is 4.99 Å². The van der Waals surface area contributed by atoms with Crippen molar-refractivity contribution in [2.24, 2.45) is 16.3 Å². The van der Waals surface area contributed by atoms with Gasteiger partial charge in [-0.15, -0.1) is 0 Å². The molecule has 0 bridgehead atoms. The first kappa shape index (κ1) is 14.2. The molecule has 0 atom stereocenters. The first-order chi connectivity index (χ1) is 6.99. The average molecular weight is 216 g/mol. The Morgan fingerprint density at radius 1 is 1.40 bits per heavy atom. The van der Waals surface area contributed by atoms with Crippen molar-refractivity contribution in [2.45, 2.75) is 27.2 Å². The predicted molar refractivity (Wildman–Crippen MR) is 63.6 cm³/mol. The highest BCUT2D eigenvalue weighted by Crippen LogP contribution is 2.17. The van der Waals surface area contributed by atoms with Crippen LogP contribution in [-0.4, -0.2) is 32.8 Å². The summed E-state index contributed by atoms with van der Waals surface area (Å²) in [5, 5.41) is 3.05. The third kappa shape index (κ3) is 9.49. The van der Waals surface area contributed by atoms with Gasteiger partial charge in [-0.05, 0) is 11.8 Å². The van der Waals surface area contributed by atoms with Crippen molar-refractivity contribution in [3.63, 3.8) is 0 Å². The molecule has 90 valence electrons. The molecular formula is C10H24N4O. The van der Waals surface area contributed by atoms with E-state index in [0.717, 1.165) is 13.0 Å². The highest BCUT2D eigenvalue weighted by molar-refractivity contribution is 5.79. The third-order valence-corrected chi connectivity index (χ3v) is 1.87. The Morgan fingerprint density at radius 2 is 2.07 bits per heavy atom. The number of rotatable bonds is 5. The smallest absolute Gasteiger partial charge is 0.205 e. The number of nitrogens with two attached hydrogens (primary N) is 1. The summed E-state index contributed by atoms with van der Waals surface area (Å²) in [6.07, 6.45) is 1.03. The van der Waals surface area contributed by atoms with E-state index in [4.69, 9.17) is 10.6 Å². The van der Waals surface area contributed by atoms with E-state index >= 15 is 0 Å². The number of hydrogen-bond acceptors (Lipinski definition) is 3. The molecule has 0 aliphatic rings. The van der Waals surface area contributed by atoms with Crippen LogP contribution in [0.25, 0.3) is 0 Å². The van der Waals surface area contributed by atoms with Crippen LogP contribution in [-0.2, 0) is 4.74 Å². The van der Waals surface area contributed by atoms with Crippen molar-refractivity contribution in [3.8, 4) is 0 Å². The summed E-state index contributed by atoms with van der Waals surface area (Å²) in [6.45, 7) is 8.68. The van der Waals surface area contributed by atoms with Crippen LogP contribution in [0.1, 0.15) is 27.2 Å². The fourth-order valence-electron chi connectivity index (χ4n) is 0.927. The number of hydrogen-bond donors (Lipinski definition) is 3. The van der Waals surface area contributed by atoms with Crippen molar-refractivity contribution in [3.05, 3.63) is 0 Å². The van der Waals surface area contributed by atoms with Gasteiger partial charge in [-0.2, -0.15) is 0 Å². The molecule has 0 radical (unpaired) electrons. The molecule has 0 unspecified atom stereocenters. The molecule has 0 heterocycles. The van der Waals surface area contributed by atoms with Gasteiger partial charge >= 0.3 is 0 Å². The van der Waals surface area contributed by atoms with E-state index in [1.807, 2.05) is 0 Å². The molecule has 0 saturated carbocycles. The van der Waals surface area contributed by atoms with E-state index in [1.165, 1.54) is 0 Å². The summed E-state index contributed by atoms with van der Waals surface area (Å²) in [4.78, 5) is 4.31.